The van der Waals surface area contributed by atoms with Gasteiger partial charge < -0.3 is 38.9 Å². The number of piperazine rings is 1. The van der Waals surface area contributed by atoms with Crippen molar-refractivity contribution in [3.8, 4) is 28.7 Å². The lowest BCUT2D eigenvalue weighted by atomic mass is 9.73. The third-order valence-corrected chi connectivity index (χ3v) is 14.1. The van der Waals surface area contributed by atoms with Gasteiger partial charge in [0.05, 0.1) is 36.2 Å². The van der Waals surface area contributed by atoms with E-state index in [0.717, 1.165) is 50.8 Å². The minimum Gasteiger partial charge on any atom is -0.504 e. The number of aryl methyl sites for hydroxylation is 1. The first-order valence-electron chi connectivity index (χ1n) is 18.4. The van der Waals surface area contributed by atoms with Gasteiger partial charge >= 0.3 is 11.9 Å². The molecule has 7 aliphatic rings. The molecule has 4 N–H and O–H groups in total. The number of aromatic amines is 1. The second-order valence-electron chi connectivity index (χ2n) is 15.3. The highest BCUT2D eigenvalue weighted by Gasteiger charge is 2.61. The molecule has 1 unspecified atom stereocenters. The third-order valence-electron chi connectivity index (χ3n) is 12.6. The molecular formula is C40H42N4O9S. The molecule has 2 fully saturated rings. The quantitative estimate of drug-likeness (QED) is 0.171. The van der Waals surface area contributed by atoms with Crippen LogP contribution in [0.4, 0.5) is 0 Å². The molecule has 3 aromatic carbocycles. The lowest BCUT2D eigenvalue weighted by Crippen LogP contribution is -2.70. The topological polar surface area (TPSA) is 155 Å². The average Bonchev–Trinajstić information content (AvgIpc) is 3.80. The van der Waals surface area contributed by atoms with E-state index < -0.39 is 47.1 Å². The summed E-state index contributed by atoms with van der Waals surface area (Å²) in [7, 11) is 3.54. The molecule has 2 saturated heterocycles. The number of carbonyl (C=O) groups excluding carboxylic acids is 2. The number of nitrogens with zero attached hydrogens (tertiary/aromatic N) is 2. The Labute approximate surface area is 315 Å². The van der Waals surface area contributed by atoms with E-state index in [9.17, 15) is 19.8 Å². The van der Waals surface area contributed by atoms with Gasteiger partial charge in [0.15, 0.2) is 28.5 Å². The zero-order valence-electron chi connectivity index (χ0n) is 30.6. The number of nitrogens with one attached hydrogen (secondary N) is 2. The lowest BCUT2D eigenvalue weighted by Gasteiger charge is -2.62. The number of rotatable bonds is 2. The Kier molecular flexibility index (Phi) is 7.58. The number of aliphatic hydroxyl groups excluding tert-OH is 1. The van der Waals surface area contributed by atoms with E-state index >= 15 is 0 Å². The maximum Gasteiger partial charge on any atom is 0.333 e. The molecule has 282 valence electrons. The molecule has 0 amide bonds. The van der Waals surface area contributed by atoms with Gasteiger partial charge in [-0.25, -0.2) is 4.79 Å². The van der Waals surface area contributed by atoms with Crippen molar-refractivity contribution in [3.63, 3.8) is 0 Å². The maximum atomic E-state index is 14.8. The second kappa shape index (κ2) is 12.0. The molecule has 0 saturated carbocycles. The molecule has 8 heterocycles. The minimum absolute atomic E-state index is 0.0347. The molecule has 4 bridgehead atoms. The fraction of sp³-hybridized carbons (Fsp3) is 0.450. The number of phenols is 1. The van der Waals surface area contributed by atoms with Crippen LogP contribution in [-0.2, 0) is 32.7 Å². The molecule has 14 heteroatoms. The highest BCUT2D eigenvalue weighted by atomic mass is 32.2. The van der Waals surface area contributed by atoms with E-state index in [1.165, 1.54) is 6.92 Å². The Hall–Kier alpha value is -4.47. The van der Waals surface area contributed by atoms with E-state index in [1.807, 2.05) is 44.0 Å². The fourth-order valence-corrected chi connectivity index (χ4v) is 12.1. The number of likely N-dealkylation sites (N-methyl/N-ethyl adjacent to an activating group) is 1. The Morgan fingerprint density at radius 2 is 1.89 bits per heavy atom. The van der Waals surface area contributed by atoms with Crippen molar-refractivity contribution in [1.29, 1.82) is 0 Å². The summed E-state index contributed by atoms with van der Waals surface area (Å²) in [6.45, 7) is 5.54. The molecule has 0 aliphatic carbocycles. The summed E-state index contributed by atoms with van der Waals surface area (Å²) >= 11 is 1.54. The first kappa shape index (κ1) is 34.1. The molecule has 11 rings (SSSR count). The monoisotopic (exact) mass is 754 g/mol. The first-order chi connectivity index (χ1) is 26.1. The summed E-state index contributed by atoms with van der Waals surface area (Å²) < 4.78 is 30.6. The fourth-order valence-electron chi connectivity index (χ4n) is 10.4. The number of thioether (sulfide) groups is 1. The van der Waals surface area contributed by atoms with Crippen molar-refractivity contribution in [2.75, 3.05) is 39.9 Å². The van der Waals surface area contributed by atoms with Crippen molar-refractivity contribution >= 4 is 34.6 Å². The first-order valence-corrected chi connectivity index (χ1v) is 19.5. The van der Waals surface area contributed by atoms with Gasteiger partial charge in [-0.2, -0.15) is 0 Å². The van der Waals surface area contributed by atoms with Crippen LogP contribution in [0.5, 0.6) is 28.7 Å². The number of aliphatic hydroxyl groups is 1. The normalized spacial score (nSPS) is 29.6. The number of aromatic hydroxyl groups is 1. The molecule has 7 atom stereocenters. The van der Waals surface area contributed by atoms with Gasteiger partial charge in [-0.1, -0.05) is 24.3 Å². The number of aromatic nitrogens is 1. The van der Waals surface area contributed by atoms with Gasteiger partial charge in [0.2, 0.25) is 6.79 Å². The van der Waals surface area contributed by atoms with Crippen LogP contribution in [0.15, 0.2) is 30.3 Å². The Morgan fingerprint density at radius 3 is 2.69 bits per heavy atom. The third kappa shape index (κ3) is 4.42. The SMILES string of the molecule is COc1c(C)cc2c(c1O)[C@@H]1C3[C@@H]4SC[C@]5(NCCc6c5[nH]c5ccccc65)C(=O)OC[C@@H](c5c6c(c(C)c(OC(C)=O)c54)OCO6)N3[C@@H](O)[C@H](C2)N1C. The van der Waals surface area contributed by atoms with Crippen LogP contribution >= 0.6 is 11.8 Å². The van der Waals surface area contributed by atoms with E-state index in [0.29, 0.717) is 47.1 Å². The number of hydrogen-bond donors (Lipinski definition) is 4. The highest BCUT2D eigenvalue weighted by molar-refractivity contribution is 7.99. The van der Waals surface area contributed by atoms with Crippen LogP contribution in [0, 0.1) is 13.8 Å². The van der Waals surface area contributed by atoms with Crippen molar-refractivity contribution < 1.29 is 43.5 Å². The minimum atomic E-state index is -1.23. The van der Waals surface area contributed by atoms with Crippen LogP contribution in [0.1, 0.15) is 68.9 Å². The van der Waals surface area contributed by atoms with Crippen LogP contribution < -0.4 is 24.3 Å². The molecule has 54 heavy (non-hydrogen) atoms. The van der Waals surface area contributed by atoms with Crippen molar-refractivity contribution in [2.45, 2.75) is 74.8 Å². The molecule has 1 aromatic heterocycles. The largest absolute Gasteiger partial charge is 0.504 e. The number of benzene rings is 3. The molecule has 1 spiro atoms. The number of ether oxygens (including phenoxy) is 5. The van der Waals surface area contributed by atoms with Gasteiger partial charge in [-0.05, 0) is 56.5 Å². The Morgan fingerprint density at radius 1 is 1.09 bits per heavy atom. The number of fused-ring (bicyclic) bond motifs is 11. The van der Waals surface area contributed by atoms with Crippen molar-refractivity contribution in [3.05, 3.63) is 75.0 Å². The van der Waals surface area contributed by atoms with Crippen LogP contribution in [0.3, 0.4) is 0 Å². The second-order valence-corrected chi connectivity index (χ2v) is 16.4. The number of hydrogen-bond acceptors (Lipinski definition) is 13. The van der Waals surface area contributed by atoms with E-state index in [2.05, 4.69) is 27.3 Å². The van der Waals surface area contributed by atoms with Gasteiger partial charge in [-0.3, -0.25) is 19.9 Å². The van der Waals surface area contributed by atoms with Crippen LogP contribution in [0.25, 0.3) is 10.9 Å². The number of carbonyl (C=O) groups is 2. The summed E-state index contributed by atoms with van der Waals surface area (Å²) in [6.07, 6.45) is 0.205. The van der Waals surface area contributed by atoms with Gasteiger partial charge in [0.25, 0.3) is 0 Å². The summed E-state index contributed by atoms with van der Waals surface area (Å²) in [6, 6.07) is 8.07. The Balaban J connectivity index is 1.24. The number of H-pyrrole nitrogens is 1. The van der Waals surface area contributed by atoms with Crippen molar-refractivity contribution in [2.24, 2.45) is 0 Å². The molecule has 0 radical (unpaired) electrons. The van der Waals surface area contributed by atoms with E-state index in [1.54, 1.807) is 18.9 Å². The number of esters is 2. The summed E-state index contributed by atoms with van der Waals surface area (Å²) in [5, 5.41) is 28.7. The van der Waals surface area contributed by atoms with Gasteiger partial charge in [0, 0.05) is 58.4 Å². The summed E-state index contributed by atoms with van der Waals surface area (Å²) in [5.74, 6) is 1.13. The zero-order valence-corrected chi connectivity index (χ0v) is 31.5. The lowest BCUT2D eigenvalue weighted by molar-refractivity contribution is -0.186. The van der Waals surface area contributed by atoms with Crippen molar-refractivity contribution in [1.82, 2.24) is 20.1 Å². The maximum absolute atomic E-state index is 14.8. The zero-order chi connectivity index (χ0) is 37.4. The summed E-state index contributed by atoms with van der Waals surface area (Å²) in [5.41, 5.74) is 6.07. The van der Waals surface area contributed by atoms with Gasteiger partial charge in [0.1, 0.15) is 18.6 Å². The standard InChI is InChI=1S/C40H42N4O9S/c1-17-12-20-13-24-38(47)44-25-14-50-39(48)40(37-22(10-11-41-40)21-8-6-7-9-23(21)42-37)15-54-36(30(44)29(43(24)4)26(20)31(46)32(17)49-5)28-27(25)35-34(51-16-52-35)18(2)33(28)53-19(3)45/h6-9,12,24-25,29-30,36,38,41-42,46-47H,10-11,13-16H2,1-5H3/t24-,25-,29+,30?,36+,38-,40+/m0/s1. The van der Waals surface area contributed by atoms with Crippen LogP contribution in [0.2, 0.25) is 0 Å². The molecular weight excluding hydrogens is 713 g/mol. The predicted octanol–water partition coefficient (Wildman–Crippen LogP) is 4.18. The predicted molar refractivity (Wildman–Crippen MR) is 198 cm³/mol. The Bertz CT molecular complexity index is 2290. The van der Waals surface area contributed by atoms with Crippen LogP contribution in [-0.4, -0.2) is 95.1 Å². The van der Waals surface area contributed by atoms with E-state index in [-0.39, 0.29) is 30.9 Å². The molecule has 7 aliphatic heterocycles. The smallest absolute Gasteiger partial charge is 0.333 e. The average molecular weight is 755 g/mol. The number of para-hydroxylation sites is 1. The number of phenolic OH excluding ortho intramolecular Hbond substituents is 1. The highest BCUT2D eigenvalue weighted by Crippen LogP contribution is 2.64. The molecule has 13 nitrogen and oxygen atoms in total. The molecule has 4 aromatic rings. The van der Waals surface area contributed by atoms with Gasteiger partial charge in [-0.15, -0.1) is 11.8 Å². The summed E-state index contributed by atoms with van der Waals surface area (Å²) in [4.78, 5) is 35.5. The number of methoxy groups -OCH3 is 1. The van der Waals surface area contributed by atoms with E-state index in [4.69, 9.17) is 23.7 Å².